The van der Waals surface area contributed by atoms with E-state index in [1.165, 1.54) is 0 Å². The number of ether oxygens (including phenoxy) is 1. The zero-order valence-electron chi connectivity index (χ0n) is 19.2. The summed E-state index contributed by atoms with van der Waals surface area (Å²) in [6.07, 6.45) is 2.12. The molecular formula is C24H30Cl3N5O. The lowest BCUT2D eigenvalue weighted by atomic mass is 10.1. The number of nitrogens with zero attached hydrogens (tertiary/aromatic N) is 3. The highest BCUT2D eigenvalue weighted by Crippen LogP contribution is 2.36. The number of hydrogen-bond acceptors (Lipinski definition) is 6. The van der Waals surface area contributed by atoms with E-state index in [1.54, 1.807) is 12.1 Å². The molecule has 0 radical (unpaired) electrons. The van der Waals surface area contributed by atoms with Crippen LogP contribution in [0.5, 0.6) is 5.75 Å². The van der Waals surface area contributed by atoms with Crippen LogP contribution in [0.1, 0.15) is 39.4 Å². The molecule has 0 saturated heterocycles. The van der Waals surface area contributed by atoms with Crippen LogP contribution in [0.4, 0.5) is 11.5 Å². The van der Waals surface area contributed by atoms with Crippen LogP contribution >= 0.6 is 34.8 Å². The summed E-state index contributed by atoms with van der Waals surface area (Å²) >= 11 is 18.5. The average Bonchev–Trinajstić information content (AvgIpc) is 2.76. The molecule has 3 N–H and O–H groups in total. The standard InChI is InChI=1S/C24H30Cl3N5O/c1-4-32(5-2)10-6-7-15(3)29-24-18-13-17(28)8-9-21(18)30-22(31-24)14-33-23-19(26)11-16(25)12-20(23)27/h8-9,11-13,15H,4-7,10,14,28H2,1-3H3,(H,29,30,31). The highest BCUT2D eigenvalue weighted by molar-refractivity contribution is 6.40. The fourth-order valence-electron chi connectivity index (χ4n) is 3.64. The maximum atomic E-state index is 6.24. The molecule has 0 amide bonds. The number of hydrogen-bond donors (Lipinski definition) is 2. The van der Waals surface area contributed by atoms with Crippen molar-refractivity contribution in [3.05, 3.63) is 51.2 Å². The molecule has 0 aliphatic rings. The Morgan fingerprint density at radius 3 is 2.42 bits per heavy atom. The van der Waals surface area contributed by atoms with Gasteiger partial charge in [0.2, 0.25) is 0 Å². The number of benzene rings is 2. The number of rotatable bonds is 11. The lowest BCUT2D eigenvalue weighted by molar-refractivity contribution is 0.294. The molecule has 0 aliphatic carbocycles. The molecule has 33 heavy (non-hydrogen) atoms. The highest BCUT2D eigenvalue weighted by atomic mass is 35.5. The lowest BCUT2D eigenvalue weighted by Crippen LogP contribution is -2.26. The molecule has 1 unspecified atom stereocenters. The number of nitrogen functional groups attached to an aromatic ring is 1. The van der Waals surface area contributed by atoms with Gasteiger partial charge in [-0.1, -0.05) is 48.7 Å². The zero-order valence-corrected chi connectivity index (χ0v) is 21.4. The fraction of sp³-hybridized carbons (Fsp3) is 0.417. The number of fused-ring (bicyclic) bond motifs is 1. The Morgan fingerprint density at radius 2 is 1.76 bits per heavy atom. The van der Waals surface area contributed by atoms with Crippen LogP contribution in [0.3, 0.4) is 0 Å². The third kappa shape index (κ3) is 7.00. The van der Waals surface area contributed by atoms with E-state index in [2.05, 4.69) is 36.0 Å². The first-order chi connectivity index (χ1) is 15.8. The van der Waals surface area contributed by atoms with E-state index in [1.807, 2.05) is 18.2 Å². The lowest BCUT2D eigenvalue weighted by Gasteiger charge is -2.21. The van der Waals surface area contributed by atoms with Gasteiger partial charge in [0.05, 0.1) is 15.6 Å². The van der Waals surface area contributed by atoms with Crippen LogP contribution < -0.4 is 15.8 Å². The van der Waals surface area contributed by atoms with Crippen LogP contribution in [0.15, 0.2) is 30.3 Å². The van der Waals surface area contributed by atoms with Gasteiger partial charge in [-0.2, -0.15) is 0 Å². The molecule has 3 rings (SSSR count). The number of nitrogens with two attached hydrogens (primary N) is 1. The fourth-order valence-corrected chi connectivity index (χ4v) is 4.56. The van der Waals surface area contributed by atoms with Gasteiger partial charge in [-0.25, -0.2) is 9.97 Å². The summed E-state index contributed by atoms with van der Waals surface area (Å²) in [7, 11) is 0. The van der Waals surface area contributed by atoms with Crippen molar-refractivity contribution in [3.8, 4) is 5.75 Å². The quantitative estimate of drug-likeness (QED) is 0.280. The minimum absolute atomic E-state index is 0.104. The van der Waals surface area contributed by atoms with Gasteiger partial charge in [-0.05, 0) is 69.7 Å². The molecule has 178 valence electrons. The predicted octanol–water partition coefficient (Wildman–Crippen LogP) is 6.67. The number of aromatic nitrogens is 2. The van der Waals surface area contributed by atoms with Gasteiger partial charge in [0, 0.05) is 22.1 Å². The van der Waals surface area contributed by atoms with Gasteiger partial charge in [0.25, 0.3) is 0 Å². The van der Waals surface area contributed by atoms with Crippen molar-refractivity contribution >= 4 is 57.2 Å². The van der Waals surface area contributed by atoms with E-state index in [9.17, 15) is 0 Å². The Labute approximate surface area is 210 Å². The minimum Gasteiger partial charge on any atom is -0.482 e. The second-order valence-electron chi connectivity index (χ2n) is 7.97. The maximum absolute atomic E-state index is 6.24. The van der Waals surface area contributed by atoms with Crippen molar-refractivity contribution in [1.29, 1.82) is 0 Å². The SMILES string of the molecule is CCN(CC)CCCC(C)Nc1nc(COc2c(Cl)cc(Cl)cc2Cl)nc2ccc(N)cc12. The summed E-state index contributed by atoms with van der Waals surface area (Å²) in [6, 6.07) is 8.99. The van der Waals surface area contributed by atoms with E-state index in [0.717, 1.165) is 49.2 Å². The molecule has 1 atom stereocenters. The summed E-state index contributed by atoms with van der Waals surface area (Å²) in [6.45, 7) is 9.86. The van der Waals surface area contributed by atoms with E-state index in [-0.39, 0.29) is 12.6 Å². The summed E-state index contributed by atoms with van der Waals surface area (Å²) < 4.78 is 5.85. The van der Waals surface area contributed by atoms with Crippen molar-refractivity contribution in [3.63, 3.8) is 0 Å². The van der Waals surface area contributed by atoms with Crippen molar-refractivity contribution < 1.29 is 4.74 Å². The molecule has 0 saturated carbocycles. The van der Waals surface area contributed by atoms with Gasteiger partial charge in [0.15, 0.2) is 11.6 Å². The first kappa shape index (κ1) is 25.6. The van der Waals surface area contributed by atoms with E-state index >= 15 is 0 Å². The second kappa shape index (κ2) is 11.9. The Balaban J connectivity index is 1.78. The van der Waals surface area contributed by atoms with Gasteiger partial charge in [0.1, 0.15) is 12.4 Å². The molecule has 0 aliphatic heterocycles. The Hall–Kier alpha value is -1.99. The largest absolute Gasteiger partial charge is 0.482 e. The molecule has 6 nitrogen and oxygen atoms in total. The summed E-state index contributed by atoms with van der Waals surface area (Å²) in [5.74, 6) is 1.59. The molecule has 0 fully saturated rings. The molecular weight excluding hydrogens is 481 g/mol. The monoisotopic (exact) mass is 509 g/mol. The molecule has 0 spiro atoms. The zero-order chi connectivity index (χ0) is 24.0. The van der Waals surface area contributed by atoms with Crippen LogP contribution in [0.2, 0.25) is 15.1 Å². The van der Waals surface area contributed by atoms with E-state index < -0.39 is 0 Å². The van der Waals surface area contributed by atoms with Gasteiger partial charge in [-0.3, -0.25) is 0 Å². The van der Waals surface area contributed by atoms with Crippen molar-refractivity contribution in [2.75, 3.05) is 30.7 Å². The molecule has 9 heteroatoms. The van der Waals surface area contributed by atoms with Crippen LogP contribution in [-0.2, 0) is 6.61 Å². The van der Waals surface area contributed by atoms with Gasteiger partial charge < -0.3 is 20.7 Å². The van der Waals surface area contributed by atoms with Crippen molar-refractivity contribution in [2.45, 2.75) is 46.3 Å². The molecule has 1 aromatic heterocycles. The highest BCUT2D eigenvalue weighted by Gasteiger charge is 2.14. The molecule has 3 aromatic rings. The second-order valence-corrected chi connectivity index (χ2v) is 9.22. The maximum Gasteiger partial charge on any atom is 0.168 e. The molecule has 0 bridgehead atoms. The number of anilines is 2. The molecule has 1 heterocycles. The molecule has 2 aromatic carbocycles. The minimum atomic E-state index is 0.104. The predicted molar refractivity (Wildman–Crippen MR) is 140 cm³/mol. The first-order valence-corrected chi connectivity index (χ1v) is 12.3. The first-order valence-electron chi connectivity index (χ1n) is 11.1. The average molecular weight is 511 g/mol. The van der Waals surface area contributed by atoms with Crippen LogP contribution in [0.25, 0.3) is 10.9 Å². The number of nitrogens with one attached hydrogen (secondary N) is 1. The van der Waals surface area contributed by atoms with Crippen molar-refractivity contribution in [1.82, 2.24) is 14.9 Å². The third-order valence-electron chi connectivity index (χ3n) is 5.46. The van der Waals surface area contributed by atoms with Gasteiger partial charge in [-0.15, -0.1) is 0 Å². The number of halogens is 3. The Bertz CT molecular complexity index is 1070. The smallest absolute Gasteiger partial charge is 0.168 e. The summed E-state index contributed by atoms with van der Waals surface area (Å²) in [5, 5.41) is 5.52. The van der Waals surface area contributed by atoms with E-state index in [4.69, 9.17) is 50.3 Å². The summed E-state index contributed by atoms with van der Waals surface area (Å²) in [5.41, 5.74) is 7.47. The van der Waals surface area contributed by atoms with Gasteiger partial charge >= 0.3 is 0 Å². The van der Waals surface area contributed by atoms with E-state index in [0.29, 0.717) is 32.3 Å². The third-order valence-corrected chi connectivity index (χ3v) is 6.24. The summed E-state index contributed by atoms with van der Waals surface area (Å²) in [4.78, 5) is 11.8. The Kier molecular flexibility index (Phi) is 9.27. The normalized spacial score (nSPS) is 12.3. The van der Waals surface area contributed by atoms with Crippen LogP contribution in [-0.4, -0.2) is 40.5 Å². The van der Waals surface area contributed by atoms with Crippen molar-refractivity contribution in [2.24, 2.45) is 0 Å². The van der Waals surface area contributed by atoms with Crippen LogP contribution in [0, 0.1) is 0 Å². The topological polar surface area (TPSA) is 76.3 Å². The Morgan fingerprint density at radius 1 is 1.06 bits per heavy atom.